The number of amides is 2. The van der Waals surface area contributed by atoms with Gasteiger partial charge in [-0.15, -0.1) is 0 Å². The number of nitrogens with zero attached hydrogens (tertiary/aromatic N) is 2. The van der Waals surface area contributed by atoms with E-state index in [2.05, 4.69) is 15.6 Å². The smallest absolute Gasteiger partial charge is 0.259 e. The molecule has 9 heteroatoms. The number of nitriles is 1. The van der Waals surface area contributed by atoms with Crippen molar-refractivity contribution in [2.75, 3.05) is 23.5 Å². The van der Waals surface area contributed by atoms with Crippen molar-refractivity contribution in [2.45, 2.75) is 17.2 Å². The fraction of sp³-hybridized carbons (Fsp3) is 0.130. The molecule has 2 amide bonds. The van der Waals surface area contributed by atoms with Crippen LogP contribution in [-0.4, -0.2) is 29.2 Å². The topological polar surface area (TPSA) is 130 Å². The van der Waals surface area contributed by atoms with Crippen LogP contribution in [0.1, 0.15) is 22.8 Å². The molecule has 1 unspecified atom stereocenters. The van der Waals surface area contributed by atoms with Crippen molar-refractivity contribution in [3.8, 4) is 11.8 Å². The minimum absolute atomic E-state index is 0.0253. The van der Waals surface area contributed by atoms with E-state index in [-0.39, 0.29) is 27.9 Å². The van der Waals surface area contributed by atoms with Gasteiger partial charge in [-0.2, -0.15) is 5.26 Å². The fourth-order valence-electron chi connectivity index (χ4n) is 2.72. The number of benzene rings is 2. The number of nitrogens with two attached hydrogens (primary N) is 1. The zero-order valence-electron chi connectivity index (χ0n) is 17.5. The maximum Gasteiger partial charge on any atom is 0.259 e. The zero-order chi connectivity index (χ0) is 23.1. The molecule has 0 fully saturated rings. The number of aromatic nitrogens is 1. The van der Waals surface area contributed by atoms with Crippen LogP contribution in [0.15, 0.2) is 65.7 Å². The van der Waals surface area contributed by atoms with E-state index in [1.54, 1.807) is 62.6 Å². The number of thioether (sulfide) groups is 1. The van der Waals surface area contributed by atoms with E-state index in [0.29, 0.717) is 17.1 Å². The Labute approximate surface area is 189 Å². The van der Waals surface area contributed by atoms with Crippen LogP contribution in [0.3, 0.4) is 0 Å². The maximum absolute atomic E-state index is 12.6. The highest BCUT2D eigenvalue weighted by atomic mass is 32.2. The first-order chi connectivity index (χ1) is 15.4. The molecule has 0 spiro atoms. The molecule has 0 aliphatic carbocycles. The van der Waals surface area contributed by atoms with E-state index in [9.17, 15) is 14.9 Å². The van der Waals surface area contributed by atoms with Crippen molar-refractivity contribution in [1.82, 2.24) is 4.98 Å². The molecule has 3 rings (SSSR count). The van der Waals surface area contributed by atoms with Crippen LogP contribution in [0, 0.1) is 11.3 Å². The van der Waals surface area contributed by atoms with E-state index in [1.807, 2.05) is 12.1 Å². The number of hydrogen-bond donors (Lipinski definition) is 3. The van der Waals surface area contributed by atoms with Crippen molar-refractivity contribution < 1.29 is 14.3 Å². The second-order valence-corrected chi connectivity index (χ2v) is 8.01. The lowest BCUT2D eigenvalue weighted by molar-refractivity contribution is -0.115. The molecule has 32 heavy (non-hydrogen) atoms. The summed E-state index contributed by atoms with van der Waals surface area (Å²) in [6.45, 7) is 1.69. The summed E-state index contributed by atoms with van der Waals surface area (Å²) in [4.78, 5) is 29.4. The molecular weight excluding hydrogens is 426 g/mol. The Balaban J connectivity index is 1.73. The molecule has 0 aliphatic rings. The standard InChI is InChI=1S/C23H21N5O3S/c1-14(21(29)26-17-8-10-18(31-2)11-9-17)32-23-15(13-24)12-19(20(25)28-23)22(30)27-16-6-4-3-5-7-16/h3-12,14H,1-2H3,(H2,25,28)(H,26,29)(H,27,30). The van der Waals surface area contributed by atoms with Crippen LogP contribution in [0.5, 0.6) is 5.75 Å². The van der Waals surface area contributed by atoms with Gasteiger partial charge in [-0.3, -0.25) is 9.59 Å². The third-order valence-electron chi connectivity index (χ3n) is 4.43. The number of methoxy groups -OCH3 is 1. The van der Waals surface area contributed by atoms with Crippen LogP contribution in [0.25, 0.3) is 0 Å². The average molecular weight is 448 g/mol. The fourth-order valence-corrected chi connectivity index (χ4v) is 3.60. The Hall–Kier alpha value is -4.03. The van der Waals surface area contributed by atoms with Gasteiger partial charge >= 0.3 is 0 Å². The van der Waals surface area contributed by atoms with Gasteiger partial charge in [0.25, 0.3) is 5.91 Å². The quantitative estimate of drug-likeness (QED) is 0.468. The number of nitrogens with one attached hydrogen (secondary N) is 2. The van der Waals surface area contributed by atoms with Gasteiger partial charge in [0.15, 0.2) is 0 Å². The summed E-state index contributed by atoms with van der Waals surface area (Å²) in [5.74, 6) is -0.0854. The largest absolute Gasteiger partial charge is 0.497 e. The third kappa shape index (κ3) is 5.56. The summed E-state index contributed by atoms with van der Waals surface area (Å²) < 4.78 is 5.10. The maximum atomic E-state index is 12.6. The van der Waals surface area contributed by atoms with Crippen molar-refractivity contribution >= 4 is 40.8 Å². The summed E-state index contributed by atoms with van der Waals surface area (Å²) in [5, 5.41) is 14.8. The Kier molecular flexibility index (Phi) is 7.31. The summed E-state index contributed by atoms with van der Waals surface area (Å²) in [5.41, 5.74) is 7.45. The normalized spacial score (nSPS) is 11.2. The van der Waals surface area contributed by atoms with Gasteiger partial charge in [0, 0.05) is 11.4 Å². The monoisotopic (exact) mass is 447 g/mol. The van der Waals surface area contributed by atoms with E-state index in [0.717, 1.165) is 11.8 Å². The summed E-state index contributed by atoms with van der Waals surface area (Å²) in [7, 11) is 1.56. The number of nitrogen functional groups attached to an aromatic ring is 1. The van der Waals surface area contributed by atoms with Crippen molar-refractivity contribution in [3.63, 3.8) is 0 Å². The minimum atomic E-state index is -0.569. The van der Waals surface area contributed by atoms with Gasteiger partial charge in [-0.05, 0) is 49.4 Å². The van der Waals surface area contributed by atoms with Crippen LogP contribution < -0.4 is 21.1 Å². The molecule has 0 bridgehead atoms. The second kappa shape index (κ2) is 10.3. The molecule has 1 heterocycles. The Bertz CT molecular complexity index is 1160. The van der Waals surface area contributed by atoms with Gasteiger partial charge in [-0.25, -0.2) is 4.98 Å². The molecule has 1 aromatic heterocycles. The summed E-state index contributed by atoms with van der Waals surface area (Å²) in [6, 6.07) is 19.2. The van der Waals surface area contributed by atoms with Crippen LogP contribution >= 0.6 is 11.8 Å². The van der Waals surface area contributed by atoms with E-state index >= 15 is 0 Å². The van der Waals surface area contributed by atoms with E-state index in [4.69, 9.17) is 10.5 Å². The number of carbonyl (C=O) groups excluding carboxylic acids is 2. The predicted octanol–water partition coefficient (Wildman–Crippen LogP) is 3.92. The molecule has 1 atom stereocenters. The Morgan fingerprint density at radius 3 is 2.38 bits per heavy atom. The lowest BCUT2D eigenvalue weighted by atomic mass is 10.2. The van der Waals surface area contributed by atoms with Gasteiger partial charge in [0.1, 0.15) is 22.7 Å². The number of anilines is 3. The molecule has 8 nitrogen and oxygen atoms in total. The number of ether oxygens (including phenoxy) is 1. The molecule has 0 aliphatic heterocycles. The number of para-hydroxylation sites is 1. The lowest BCUT2D eigenvalue weighted by Gasteiger charge is -2.14. The number of carbonyl (C=O) groups is 2. The Morgan fingerprint density at radius 1 is 1.09 bits per heavy atom. The van der Waals surface area contributed by atoms with Gasteiger partial charge in [0.05, 0.1) is 23.5 Å². The van der Waals surface area contributed by atoms with Crippen molar-refractivity contribution in [2.24, 2.45) is 0 Å². The van der Waals surface area contributed by atoms with E-state index < -0.39 is 11.2 Å². The van der Waals surface area contributed by atoms with E-state index in [1.165, 1.54) is 6.07 Å². The molecule has 2 aromatic carbocycles. The van der Waals surface area contributed by atoms with Crippen molar-refractivity contribution in [3.05, 3.63) is 71.8 Å². The number of pyridine rings is 1. The highest BCUT2D eigenvalue weighted by Gasteiger charge is 2.21. The molecule has 0 saturated heterocycles. The van der Waals surface area contributed by atoms with Crippen LogP contribution in [0.2, 0.25) is 0 Å². The molecular formula is C23H21N5O3S. The summed E-state index contributed by atoms with van der Waals surface area (Å²) in [6.07, 6.45) is 0. The third-order valence-corrected chi connectivity index (χ3v) is 5.53. The number of hydrogen-bond acceptors (Lipinski definition) is 7. The first kappa shape index (κ1) is 22.7. The second-order valence-electron chi connectivity index (χ2n) is 6.68. The van der Waals surface area contributed by atoms with Crippen LogP contribution in [-0.2, 0) is 4.79 Å². The highest BCUT2D eigenvalue weighted by molar-refractivity contribution is 8.00. The average Bonchev–Trinajstić information content (AvgIpc) is 2.80. The summed E-state index contributed by atoms with van der Waals surface area (Å²) >= 11 is 1.09. The number of rotatable bonds is 7. The first-order valence-electron chi connectivity index (χ1n) is 9.60. The zero-order valence-corrected chi connectivity index (χ0v) is 18.3. The lowest BCUT2D eigenvalue weighted by Crippen LogP contribution is -2.23. The molecule has 4 N–H and O–H groups in total. The SMILES string of the molecule is COc1ccc(NC(=O)C(C)Sc2nc(N)c(C(=O)Nc3ccccc3)cc2C#N)cc1. The van der Waals surface area contributed by atoms with Crippen molar-refractivity contribution in [1.29, 1.82) is 5.26 Å². The predicted molar refractivity (Wildman–Crippen MR) is 125 cm³/mol. The molecule has 3 aromatic rings. The Morgan fingerprint density at radius 2 is 1.75 bits per heavy atom. The highest BCUT2D eigenvalue weighted by Crippen LogP contribution is 2.29. The molecule has 0 radical (unpaired) electrons. The molecule has 0 saturated carbocycles. The molecule has 162 valence electrons. The van der Waals surface area contributed by atoms with Gasteiger partial charge in [0.2, 0.25) is 5.91 Å². The van der Waals surface area contributed by atoms with Gasteiger partial charge in [-0.1, -0.05) is 30.0 Å². The first-order valence-corrected chi connectivity index (χ1v) is 10.5. The van der Waals surface area contributed by atoms with Crippen LogP contribution in [0.4, 0.5) is 17.2 Å². The minimum Gasteiger partial charge on any atom is -0.497 e. The van der Waals surface area contributed by atoms with Gasteiger partial charge < -0.3 is 21.1 Å².